The largest absolute Gasteiger partial charge is 0.368 e. The minimum absolute atomic E-state index is 0.0437. The fraction of sp³-hybridized carbons (Fsp3) is 0.846. The van der Waals surface area contributed by atoms with Gasteiger partial charge in [-0.05, 0) is 38.1 Å². The van der Waals surface area contributed by atoms with Crippen molar-refractivity contribution in [2.45, 2.75) is 52.1 Å². The van der Waals surface area contributed by atoms with Crippen LogP contribution in [-0.4, -0.2) is 29.9 Å². The quantitative estimate of drug-likeness (QED) is 0.679. The molecule has 0 aromatic rings. The third-order valence-electron chi connectivity index (χ3n) is 4.10. The lowest BCUT2D eigenvalue weighted by Crippen LogP contribution is -2.63. The number of rotatable bonds is 4. The maximum atomic E-state index is 12.3. The Morgan fingerprint density at radius 2 is 2.06 bits per heavy atom. The minimum atomic E-state index is -0.990. The Labute approximate surface area is 109 Å². The number of nitrogens with two attached hydrogens (primary N) is 1. The van der Waals surface area contributed by atoms with E-state index in [2.05, 4.69) is 10.6 Å². The van der Waals surface area contributed by atoms with E-state index in [1.807, 2.05) is 20.8 Å². The molecule has 0 spiro atoms. The fourth-order valence-corrected chi connectivity index (χ4v) is 2.22. The molecule has 1 saturated heterocycles. The van der Waals surface area contributed by atoms with E-state index in [0.717, 1.165) is 19.4 Å². The summed E-state index contributed by atoms with van der Waals surface area (Å²) in [7, 11) is 0. The van der Waals surface area contributed by atoms with E-state index in [1.165, 1.54) is 0 Å². The van der Waals surface area contributed by atoms with Crippen LogP contribution in [0.5, 0.6) is 0 Å². The molecular formula is C13H25N3O2. The average Bonchev–Trinajstić information content (AvgIpc) is 2.28. The van der Waals surface area contributed by atoms with Crippen LogP contribution in [0.25, 0.3) is 0 Å². The number of carbonyl (C=O) groups excluding carboxylic acids is 2. The van der Waals surface area contributed by atoms with Gasteiger partial charge in [-0.25, -0.2) is 0 Å². The number of carbonyl (C=O) groups is 2. The van der Waals surface area contributed by atoms with E-state index in [0.29, 0.717) is 0 Å². The lowest BCUT2D eigenvalue weighted by atomic mass is 9.86. The van der Waals surface area contributed by atoms with Crippen LogP contribution in [0.3, 0.4) is 0 Å². The number of hydrogen-bond donors (Lipinski definition) is 3. The Morgan fingerprint density at radius 3 is 2.50 bits per heavy atom. The summed E-state index contributed by atoms with van der Waals surface area (Å²) in [4.78, 5) is 23.8. The lowest BCUT2D eigenvalue weighted by molar-refractivity contribution is -0.134. The van der Waals surface area contributed by atoms with Gasteiger partial charge in [-0.1, -0.05) is 20.8 Å². The van der Waals surface area contributed by atoms with E-state index in [-0.39, 0.29) is 23.8 Å². The summed E-state index contributed by atoms with van der Waals surface area (Å²) in [6.07, 6.45) is 2.11. The van der Waals surface area contributed by atoms with Crippen LogP contribution < -0.4 is 16.4 Å². The second-order valence-electron chi connectivity index (χ2n) is 5.76. The lowest BCUT2D eigenvalue weighted by Gasteiger charge is -2.36. The highest BCUT2D eigenvalue weighted by Crippen LogP contribution is 2.19. The predicted octanol–water partition coefficient (Wildman–Crippen LogP) is 0.391. The number of nitrogens with one attached hydrogen (secondary N) is 2. The Hall–Kier alpha value is -1.10. The van der Waals surface area contributed by atoms with Crippen molar-refractivity contribution in [2.75, 3.05) is 6.54 Å². The van der Waals surface area contributed by atoms with Crippen LogP contribution in [0.15, 0.2) is 0 Å². The van der Waals surface area contributed by atoms with E-state index in [1.54, 1.807) is 6.92 Å². The number of hydrogen-bond acceptors (Lipinski definition) is 3. The van der Waals surface area contributed by atoms with Crippen molar-refractivity contribution >= 4 is 11.8 Å². The molecule has 0 bridgehead atoms. The van der Waals surface area contributed by atoms with Gasteiger partial charge in [-0.3, -0.25) is 9.59 Å². The maximum absolute atomic E-state index is 12.3. The molecule has 0 aliphatic carbocycles. The highest BCUT2D eigenvalue weighted by atomic mass is 16.2. The van der Waals surface area contributed by atoms with E-state index in [9.17, 15) is 9.59 Å². The molecule has 3 atom stereocenters. The average molecular weight is 255 g/mol. The first-order chi connectivity index (χ1) is 8.29. The van der Waals surface area contributed by atoms with Crippen molar-refractivity contribution in [3.63, 3.8) is 0 Å². The van der Waals surface area contributed by atoms with E-state index < -0.39 is 11.4 Å². The molecule has 1 fully saturated rings. The molecule has 3 unspecified atom stereocenters. The van der Waals surface area contributed by atoms with Gasteiger partial charge >= 0.3 is 0 Å². The molecule has 1 aliphatic heterocycles. The van der Waals surface area contributed by atoms with Gasteiger partial charge in [-0.2, -0.15) is 0 Å². The second kappa shape index (κ2) is 5.69. The van der Waals surface area contributed by atoms with Crippen LogP contribution >= 0.6 is 0 Å². The third kappa shape index (κ3) is 3.02. The Balaban J connectivity index is 2.75. The standard InChI is InChI=1S/C13H25N3O2/c1-8(2)13(4,12(14)18)16-11(17)10-9(3)6-5-7-15-10/h8-10,15H,5-7H2,1-4H3,(H2,14,18)(H,16,17). The smallest absolute Gasteiger partial charge is 0.243 e. The van der Waals surface area contributed by atoms with Crippen molar-refractivity contribution in [2.24, 2.45) is 17.6 Å². The number of amides is 2. The molecule has 5 nitrogen and oxygen atoms in total. The molecule has 0 aromatic heterocycles. The first kappa shape index (κ1) is 15.0. The molecule has 0 saturated carbocycles. The SMILES string of the molecule is CC1CCCNC1C(=O)NC(C)(C(N)=O)C(C)C. The van der Waals surface area contributed by atoms with Gasteiger partial charge in [0.25, 0.3) is 0 Å². The van der Waals surface area contributed by atoms with Crippen LogP contribution in [-0.2, 0) is 9.59 Å². The van der Waals surface area contributed by atoms with Gasteiger partial charge in [-0.15, -0.1) is 0 Å². The molecule has 1 rings (SSSR count). The van der Waals surface area contributed by atoms with Crippen LogP contribution in [0.1, 0.15) is 40.5 Å². The molecule has 18 heavy (non-hydrogen) atoms. The maximum Gasteiger partial charge on any atom is 0.243 e. The summed E-state index contributed by atoms with van der Waals surface area (Å²) >= 11 is 0. The van der Waals surface area contributed by atoms with Gasteiger partial charge in [0.05, 0.1) is 6.04 Å². The minimum Gasteiger partial charge on any atom is -0.368 e. The summed E-state index contributed by atoms with van der Waals surface area (Å²) in [5, 5.41) is 6.02. The molecule has 4 N–H and O–H groups in total. The molecular weight excluding hydrogens is 230 g/mol. The predicted molar refractivity (Wildman–Crippen MR) is 70.8 cm³/mol. The van der Waals surface area contributed by atoms with Crippen molar-refractivity contribution in [3.8, 4) is 0 Å². The van der Waals surface area contributed by atoms with Gasteiger partial charge < -0.3 is 16.4 Å². The fourth-order valence-electron chi connectivity index (χ4n) is 2.22. The van der Waals surface area contributed by atoms with Gasteiger partial charge in [0, 0.05) is 0 Å². The zero-order valence-corrected chi connectivity index (χ0v) is 11.7. The number of primary amides is 1. The first-order valence-corrected chi connectivity index (χ1v) is 6.64. The Morgan fingerprint density at radius 1 is 1.44 bits per heavy atom. The molecule has 1 aliphatic rings. The summed E-state index contributed by atoms with van der Waals surface area (Å²) in [6.45, 7) is 8.34. The van der Waals surface area contributed by atoms with E-state index >= 15 is 0 Å². The number of piperidine rings is 1. The highest BCUT2D eigenvalue weighted by Gasteiger charge is 2.39. The normalized spacial score (nSPS) is 27.6. The molecule has 0 radical (unpaired) electrons. The van der Waals surface area contributed by atoms with Gasteiger partial charge in [0.15, 0.2) is 0 Å². The third-order valence-corrected chi connectivity index (χ3v) is 4.10. The molecule has 1 heterocycles. The highest BCUT2D eigenvalue weighted by molar-refractivity contribution is 5.92. The molecule has 104 valence electrons. The van der Waals surface area contributed by atoms with Crippen molar-refractivity contribution in [1.29, 1.82) is 0 Å². The zero-order valence-electron chi connectivity index (χ0n) is 11.7. The second-order valence-corrected chi connectivity index (χ2v) is 5.76. The summed E-state index contributed by atoms with van der Waals surface area (Å²) in [6, 6.07) is -0.226. The topological polar surface area (TPSA) is 84.2 Å². The van der Waals surface area contributed by atoms with Crippen LogP contribution in [0.2, 0.25) is 0 Å². The zero-order chi connectivity index (χ0) is 13.9. The Kier molecular flexibility index (Phi) is 4.73. The van der Waals surface area contributed by atoms with Crippen molar-refractivity contribution in [1.82, 2.24) is 10.6 Å². The summed E-state index contributed by atoms with van der Waals surface area (Å²) < 4.78 is 0. The van der Waals surface area contributed by atoms with Crippen molar-refractivity contribution < 1.29 is 9.59 Å². The monoisotopic (exact) mass is 255 g/mol. The van der Waals surface area contributed by atoms with Crippen molar-refractivity contribution in [3.05, 3.63) is 0 Å². The van der Waals surface area contributed by atoms with Gasteiger partial charge in [0.2, 0.25) is 11.8 Å². The molecule has 0 aromatic carbocycles. The van der Waals surface area contributed by atoms with Crippen LogP contribution in [0.4, 0.5) is 0 Å². The van der Waals surface area contributed by atoms with Gasteiger partial charge in [0.1, 0.15) is 5.54 Å². The molecule has 2 amide bonds. The van der Waals surface area contributed by atoms with E-state index in [4.69, 9.17) is 5.73 Å². The molecule has 5 heteroatoms. The van der Waals surface area contributed by atoms with Crippen LogP contribution in [0, 0.1) is 11.8 Å². The first-order valence-electron chi connectivity index (χ1n) is 6.64. The summed E-state index contributed by atoms with van der Waals surface area (Å²) in [5.41, 5.74) is 4.42. The summed E-state index contributed by atoms with van der Waals surface area (Å²) in [5.74, 6) is -0.382. The Bertz CT molecular complexity index is 330.